The van der Waals surface area contributed by atoms with E-state index in [1.54, 1.807) is 30.3 Å². The number of nitrogens with one attached hydrogen (secondary N) is 1. The SMILES string of the molecule is O=C(CN(c1cccc([N+](=O)[O-])c1)S(=O)(=O)c1ccccc1)NCCCc1ccc(F)cc1. The van der Waals surface area contributed by atoms with Gasteiger partial charge in [-0.1, -0.05) is 36.4 Å². The van der Waals surface area contributed by atoms with Crippen molar-refractivity contribution < 1.29 is 22.5 Å². The van der Waals surface area contributed by atoms with Crippen LogP contribution in [0.4, 0.5) is 15.8 Å². The van der Waals surface area contributed by atoms with Crippen LogP contribution in [-0.2, 0) is 21.2 Å². The molecule has 0 atom stereocenters. The molecule has 3 aromatic carbocycles. The number of sulfonamides is 1. The Labute approximate surface area is 190 Å². The van der Waals surface area contributed by atoms with Gasteiger partial charge in [0.05, 0.1) is 15.5 Å². The summed E-state index contributed by atoms with van der Waals surface area (Å²) in [6.07, 6.45) is 1.18. The first-order chi connectivity index (χ1) is 15.8. The summed E-state index contributed by atoms with van der Waals surface area (Å²) < 4.78 is 40.3. The van der Waals surface area contributed by atoms with E-state index < -0.39 is 27.4 Å². The first-order valence-electron chi connectivity index (χ1n) is 10.1. The zero-order chi connectivity index (χ0) is 23.8. The van der Waals surface area contributed by atoms with E-state index in [-0.39, 0.29) is 28.6 Å². The van der Waals surface area contributed by atoms with Crippen LogP contribution < -0.4 is 9.62 Å². The Morgan fingerprint density at radius 1 is 1.00 bits per heavy atom. The first-order valence-corrected chi connectivity index (χ1v) is 11.5. The fourth-order valence-corrected chi connectivity index (χ4v) is 4.59. The van der Waals surface area contributed by atoms with Crippen LogP contribution in [0.15, 0.2) is 83.8 Å². The average Bonchev–Trinajstić information content (AvgIpc) is 2.82. The number of nitro groups is 1. The van der Waals surface area contributed by atoms with Crippen LogP contribution in [0, 0.1) is 15.9 Å². The van der Waals surface area contributed by atoms with Gasteiger partial charge < -0.3 is 5.32 Å². The van der Waals surface area contributed by atoms with Crippen molar-refractivity contribution >= 4 is 27.3 Å². The van der Waals surface area contributed by atoms with Crippen molar-refractivity contribution in [3.63, 3.8) is 0 Å². The fourth-order valence-electron chi connectivity index (χ4n) is 3.15. The summed E-state index contributed by atoms with van der Waals surface area (Å²) in [7, 11) is -4.15. The molecule has 0 aromatic heterocycles. The van der Waals surface area contributed by atoms with Crippen molar-refractivity contribution in [2.75, 3.05) is 17.4 Å². The molecule has 8 nitrogen and oxygen atoms in total. The van der Waals surface area contributed by atoms with Crippen molar-refractivity contribution in [1.29, 1.82) is 0 Å². The zero-order valence-corrected chi connectivity index (χ0v) is 18.4. The lowest BCUT2D eigenvalue weighted by molar-refractivity contribution is -0.384. The molecular weight excluding hydrogens is 449 g/mol. The summed E-state index contributed by atoms with van der Waals surface area (Å²) in [4.78, 5) is 23.1. The number of hydrogen-bond acceptors (Lipinski definition) is 5. The van der Waals surface area contributed by atoms with Crippen LogP contribution in [0.5, 0.6) is 0 Å². The lowest BCUT2D eigenvalue weighted by atomic mass is 10.1. The Morgan fingerprint density at radius 3 is 2.36 bits per heavy atom. The molecular formula is C23H22FN3O5S. The summed E-state index contributed by atoms with van der Waals surface area (Å²) in [6, 6.07) is 18.7. The molecule has 10 heteroatoms. The van der Waals surface area contributed by atoms with Gasteiger partial charge in [-0.2, -0.15) is 0 Å². The predicted octanol–water partition coefficient (Wildman–Crippen LogP) is 3.68. The number of benzene rings is 3. The smallest absolute Gasteiger partial charge is 0.271 e. The second kappa shape index (κ2) is 10.7. The normalized spacial score (nSPS) is 11.1. The first kappa shape index (κ1) is 23.9. The van der Waals surface area contributed by atoms with Crippen molar-refractivity contribution in [3.05, 3.63) is 100 Å². The zero-order valence-electron chi connectivity index (χ0n) is 17.6. The molecule has 3 rings (SSSR count). The minimum absolute atomic E-state index is 0.00881. The number of anilines is 1. The molecule has 3 aromatic rings. The summed E-state index contributed by atoms with van der Waals surface area (Å²) in [5.74, 6) is -0.881. The Balaban J connectivity index is 1.74. The van der Waals surface area contributed by atoms with E-state index in [9.17, 15) is 27.7 Å². The van der Waals surface area contributed by atoms with E-state index in [1.807, 2.05) is 0 Å². The van der Waals surface area contributed by atoms with Crippen molar-refractivity contribution in [2.24, 2.45) is 0 Å². The second-order valence-corrected chi connectivity index (χ2v) is 9.04. The summed E-state index contributed by atoms with van der Waals surface area (Å²) >= 11 is 0. The quantitative estimate of drug-likeness (QED) is 0.276. The summed E-state index contributed by atoms with van der Waals surface area (Å²) in [5.41, 5.74) is 0.630. The van der Waals surface area contributed by atoms with Crippen LogP contribution in [-0.4, -0.2) is 32.3 Å². The van der Waals surface area contributed by atoms with Crippen LogP contribution in [0.3, 0.4) is 0 Å². The molecule has 0 aliphatic carbocycles. The molecule has 172 valence electrons. The van der Waals surface area contributed by atoms with Gasteiger partial charge in [0.25, 0.3) is 15.7 Å². The van der Waals surface area contributed by atoms with E-state index in [2.05, 4.69) is 5.32 Å². The number of carbonyl (C=O) groups is 1. The second-order valence-electron chi connectivity index (χ2n) is 7.18. The highest BCUT2D eigenvalue weighted by atomic mass is 32.2. The van der Waals surface area contributed by atoms with Crippen molar-refractivity contribution in [1.82, 2.24) is 5.32 Å². The third-order valence-electron chi connectivity index (χ3n) is 4.82. The molecule has 0 fully saturated rings. The standard InChI is InChI=1S/C23H22FN3O5S/c24-19-13-11-18(12-14-19)6-5-15-25-23(28)17-26(20-7-4-8-21(16-20)27(29)30)33(31,32)22-9-2-1-3-10-22/h1-4,7-14,16H,5-6,15,17H2,(H,25,28). The molecule has 1 N–H and O–H groups in total. The van der Waals surface area contributed by atoms with Gasteiger partial charge in [0.1, 0.15) is 12.4 Å². The Hall–Kier alpha value is -3.79. The number of nitro benzene ring substituents is 1. The molecule has 0 heterocycles. The van der Waals surface area contributed by atoms with E-state index in [0.29, 0.717) is 12.8 Å². The summed E-state index contributed by atoms with van der Waals surface area (Å²) in [6.45, 7) is -0.265. The van der Waals surface area contributed by atoms with E-state index >= 15 is 0 Å². The minimum atomic E-state index is -4.15. The molecule has 0 spiro atoms. The lowest BCUT2D eigenvalue weighted by Crippen LogP contribution is -2.41. The molecule has 1 amide bonds. The molecule has 0 saturated heterocycles. The Morgan fingerprint density at radius 2 is 1.70 bits per heavy atom. The van der Waals surface area contributed by atoms with Gasteiger partial charge in [-0.05, 0) is 48.7 Å². The summed E-state index contributed by atoms with van der Waals surface area (Å²) in [5, 5.41) is 13.8. The highest BCUT2D eigenvalue weighted by molar-refractivity contribution is 7.92. The Bertz CT molecular complexity index is 1220. The number of hydrogen-bond donors (Lipinski definition) is 1. The van der Waals surface area contributed by atoms with E-state index in [4.69, 9.17) is 0 Å². The lowest BCUT2D eigenvalue weighted by Gasteiger charge is -2.24. The molecule has 0 bridgehead atoms. The Kier molecular flexibility index (Phi) is 7.73. The largest absolute Gasteiger partial charge is 0.355 e. The van der Waals surface area contributed by atoms with Gasteiger partial charge in [-0.15, -0.1) is 0 Å². The molecule has 0 unspecified atom stereocenters. The maximum atomic E-state index is 13.2. The van der Waals surface area contributed by atoms with Crippen LogP contribution >= 0.6 is 0 Å². The maximum absolute atomic E-state index is 13.2. The van der Waals surface area contributed by atoms with Crippen LogP contribution in [0.1, 0.15) is 12.0 Å². The number of non-ortho nitro benzene ring substituents is 1. The van der Waals surface area contributed by atoms with Gasteiger partial charge in [0.2, 0.25) is 5.91 Å². The van der Waals surface area contributed by atoms with E-state index in [1.165, 1.54) is 42.5 Å². The molecule has 33 heavy (non-hydrogen) atoms. The van der Waals surface area contributed by atoms with Crippen LogP contribution in [0.25, 0.3) is 0 Å². The van der Waals surface area contributed by atoms with Crippen molar-refractivity contribution in [3.8, 4) is 0 Å². The predicted molar refractivity (Wildman–Crippen MR) is 122 cm³/mol. The third kappa shape index (κ3) is 6.36. The van der Waals surface area contributed by atoms with Gasteiger partial charge >= 0.3 is 0 Å². The number of aryl methyl sites for hydroxylation is 1. The topological polar surface area (TPSA) is 110 Å². The van der Waals surface area contributed by atoms with Gasteiger partial charge in [0, 0.05) is 18.7 Å². The molecule has 0 aliphatic rings. The molecule has 0 saturated carbocycles. The highest BCUT2D eigenvalue weighted by Crippen LogP contribution is 2.26. The highest BCUT2D eigenvalue weighted by Gasteiger charge is 2.28. The average molecular weight is 472 g/mol. The molecule has 0 radical (unpaired) electrons. The number of amides is 1. The fraction of sp³-hybridized carbons (Fsp3) is 0.174. The number of halogens is 1. The number of nitrogens with zero attached hydrogens (tertiary/aromatic N) is 2. The van der Waals surface area contributed by atoms with Gasteiger partial charge in [0.15, 0.2) is 0 Å². The minimum Gasteiger partial charge on any atom is -0.355 e. The maximum Gasteiger partial charge on any atom is 0.271 e. The van der Waals surface area contributed by atoms with E-state index in [0.717, 1.165) is 15.9 Å². The third-order valence-corrected chi connectivity index (χ3v) is 6.61. The van der Waals surface area contributed by atoms with Gasteiger partial charge in [-0.3, -0.25) is 19.2 Å². The van der Waals surface area contributed by atoms with Crippen LogP contribution in [0.2, 0.25) is 0 Å². The van der Waals surface area contributed by atoms with Crippen molar-refractivity contribution in [2.45, 2.75) is 17.7 Å². The number of carbonyl (C=O) groups excluding carboxylic acids is 1. The number of rotatable bonds is 10. The molecule has 0 aliphatic heterocycles. The monoisotopic (exact) mass is 471 g/mol. The van der Waals surface area contributed by atoms with Gasteiger partial charge in [-0.25, -0.2) is 12.8 Å².